The molecule has 0 saturated heterocycles. The van der Waals surface area contributed by atoms with E-state index in [0.717, 1.165) is 33.5 Å². The Labute approximate surface area is 148 Å². The number of aryl methyl sites for hydroxylation is 2. The van der Waals surface area contributed by atoms with E-state index < -0.39 is 0 Å². The molecule has 0 aliphatic heterocycles. The van der Waals surface area contributed by atoms with Crippen LogP contribution in [0.3, 0.4) is 0 Å². The summed E-state index contributed by atoms with van der Waals surface area (Å²) in [6.07, 6.45) is 0. The molecule has 3 aromatic rings. The minimum atomic E-state index is -0.00285. The van der Waals surface area contributed by atoms with Gasteiger partial charge in [-0.05, 0) is 49.7 Å². The van der Waals surface area contributed by atoms with Gasteiger partial charge < -0.3 is 9.64 Å². The number of carbonyl (C=O) groups excluding carboxylic acids is 1. The van der Waals surface area contributed by atoms with Crippen molar-refractivity contribution in [3.8, 4) is 5.75 Å². The summed E-state index contributed by atoms with van der Waals surface area (Å²) >= 11 is 0. The summed E-state index contributed by atoms with van der Waals surface area (Å²) in [5, 5.41) is 0.900. The first-order valence-electron chi connectivity index (χ1n) is 8.24. The van der Waals surface area contributed by atoms with Crippen LogP contribution in [-0.2, 0) is 6.54 Å². The summed E-state index contributed by atoms with van der Waals surface area (Å²) in [5.74, 6) is 0.806. The van der Waals surface area contributed by atoms with Crippen molar-refractivity contribution >= 4 is 16.8 Å². The van der Waals surface area contributed by atoms with Crippen LogP contribution in [0.15, 0.2) is 48.5 Å². The Morgan fingerprint density at radius 1 is 1.08 bits per heavy atom. The van der Waals surface area contributed by atoms with Gasteiger partial charge in [-0.2, -0.15) is 0 Å². The number of hydrogen-bond donors (Lipinski definition) is 0. The second kappa shape index (κ2) is 6.93. The maximum atomic E-state index is 13.0. The molecular formula is C21H22N2O2. The molecule has 1 heterocycles. The molecule has 2 aromatic carbocycles. The number of hydrogen-bond acceptors (Lipinski definition) is 3. The Morgan fingerprint density at radius 2 is 1.80 bits per heavy atom. The Morgan fingerprint density at radius 3 is 2.48 bits per heavy atom. The van der Waals surface area contributed by atoms with Gasteiger partial charge in [-0.1, -0.05) is 23.8 Å². The molecule has 0 saturated carbocycles. The van der Waals surface area contributed by atoms with E-state index in [2.05, 4.69) is 4.98 Å². The van der Waals surface area contributed by atoms with E-state index in [9.17, 15) is 4.79 Å². The summed E-state index contributed by atoms with van der Waals surface area (Å²) < 4.78 is 5.18. The predicted octanol–water partition coefficient (Wildman–Crippen LogP) is 4.13. The number of nitrogens with zero attached hydrogens (tertiary/aromatic N) is 2. The average molecular weight is 334 g/mol. The number of aromatic nitrogens is 1. The number of benzene rings is 2. The van der Waals surface area contributed by atoms with Crippen LogP contribution in [0.1, 0.15) is 27.2 Å². The fourth-order valence-electron chi connectivity index (χ4n) is 2.93. The van der Waals surface area contributed by atoms with Gasteiger partial charge in [-0.25, -0.2) is 0 Å². The molecule has 0 bridgehead atoms. The van der Waals surface area contributed by atoms with Gasteiger partial charge in [0.25, 0.3) is 5.91 Å². The molecule has 25 heavy (non-hydrogen) atoms. The van der Waals surface area contributed by atoms with Crippen molar-refractivity contribution in [3.05, 3.63) is 70.9 Å². The molecule has 0 radical (unpaired) electrons. The van der Waals surface area contributed by atoms with Crippen molar-refractivity contribution < 1.29 is 9.53 Å². The van der Waals surface area contributed by atoms with Crippen LogP contribution in [0.5, 0.6) is 5.75 Å². The van der Waals surface area contributed by atoms with Gasteiger partial charge in [0.05, 0.1) is 18.2 Å². The van der Waals surface area contributed by atoms with Crippen LogP contribution < -0.4 is 4.74 Å². The SMILES string of the molecule is COc1ccc(CN(C)C(=O)c2cc(C)nc3ccc(C)cc23)cc1. The zero-order valence-corrected chi connectivity index (χ0v) is 15.0. The fraction of sp³-hybridized carbons (Fsp3) is 0.238. The number of fused-ring (bicyclic) bond motifs is 1. The number of pyridine rings is 1. The van der Waals surface area contributed by atoms with Gasteiger partial charge in [0.2, 0.25) is 0 Å². The number of rotatable bonds is 4. The molecule has 1 amide bonds. The number of ether oxygens (including phenoxy) is 1. The van der Waals surface area contributed by atoms with E-state index in [1.807, 2.05) is 69.4 Å². The van der Waals surface area contributed by atoms with Crippen LogP contribution in [0.25, 0.3) is 10.9 Å². The Hall–Kier alpha value is -2.88. The van der Waals surface area contributed by atoms with Gasteiger partial charge in [-0.15, -0.1) is 0 Å². The first-order valence-corrected chi connectivity index (χ1v) is 8.24. The third kappa shape index (κ3) is 3.63. The zero-order valence-electron chi connectivity index (χ0n) is 15.0. The maximum absolute atomic E-state index is 13.0. The lowest BCUT2D eigenvalue weighted by Crippen LogP contribution is -2.26. The molecule has 0 atom stereocenters. The zero-order chi connectivity index (χ0) is 18.0. The molecule has 1 aromatic heterocycles. The van der Waals surface area contributed by atoms with Gasteiger partial charge >= 0.3 is 0 Å². The molecule has 0 N–H and O–H groups in total. The van der Waals surface area contributed by atoms with Gasteiger partial charge in [0.15, 0.2) is 0 Å². The lowest BCUT2D eigenvalue weighted by Gasteiger charge is -2.19. The van der Waals surface area contributed by atoms with Crippen LogP contribution in [0.4, 0.5) is 0 Å². The molecule has 0 unspecified atom stereocenters. The number of methoxy groups -OCH3 is 1. The number of amides is 1. The molecule has 0 fully saturated rings. The fourth-order valence-corrected chi connectivity index (χ4v) is 2.93. The Bertz CT molecular complexity index is 917. The Balaban J connectivity index is 1.91. The third-order valence-electron chi connectivity index (χ3n) is 4.25. The van der Waals surface area contributed by atoms with Crippen molar-refractivity contribution in [2.75, 3.05) is 14.2 Å². The van der Waals surface area contributed by atoms with Crippen molar-refractivity contribution in [3.63, 3.8) is 0 Å². The minimum Gasteiger partial charge on any atom is -0.497 e. The van der Waals surface area contributed by atoms with Crippen molar-refractivity contribution in [1.29, 1.82) is 0 Å². The molecule has 0 spiro atoms. The van der Waals surface area contributed by atoms with Crippen LogP contribution >= 0.6 is 0 Å². The van der Waals surface area contributed by atoms with Crippen LogP contribution in [0, 0.1) is 13.8 Å². The van der Waals surface area contributed by atoms with Crippen LogP contribution in [0.2, 0.25) is 0 Å². The second-order valence-electron chi connectivity index (χ2n) is 6.34. The van der Waals surface area contributed by atoms with E-state index in [1.54, 1.807) is 12.0 Å². The Kier molecular flexibility index (Phi) is 4.70. The summed E-state index contributed by atoms with van der Waals surface area (Å²) in [6, 6.07) is 15.6. The molecule has 3 rings (SSSR count). The monoisotopic (exact) mass is 334 g/mol. The highest BCUT2D eigenvalue weighted by molar-refractivity contribution is 6.06. The maximum Gasteiger partial charge on any atom is 0.254 e. The highest BCUT2D eigenvalue weighted by atomic mass is 16.5. The predicted molar refractivity (Wildman–Crippen MR) is 100 cm³/mol. The lowest BCUT2D eigenvalue weighted by atomic mass is 10.0. The first kappa shape index (κ1) is 17.0. The summed E-state index contributed by atoms with van der Waals surface area (Å²) in [5.41, 5.74) is 4.57. The number of carbonyl (C=O) groups is 1. The van der Waals surface area contributed by atoms with E-state index >= 15 is 0 Å². The van der Waals surface area contributed by atoms with Crippen molar-refractivity contribution in [2.24, 2.45) is 0 Å². The van der Waals surface area contributed by atoms with Gasteiger partial charge in [-0.3, -0.25) is 9.78 Å². The smallest absolute Gasteiger partial charge is 0.254 e. The van der Waals surface area contributed by atoms with E-state index in [4.69, 9.17) is 4.74 Å². The summed E-state index contributed by atoms with van der Waals surface area (Å²) in [6.45, 7) is 4.48. The topological polar surface area (TPSA) is 42.4 Å². The molecule has 128 valence electrons. The standard InChI is InChI=1S/C21H22N2O2/c1-14-5-10-20-18(11-14)19(12-15(2)22-20)21(24)23(3)13-16-6-8-17(25-4)9-7-16/h5-12H,13H2,1-4H3. The first-order chi connectivity index (χ1) is 12.0. The lowest BCUT2D eigenvalue weighted by molar-refractivity contribution is 0.0787. The molecule has 0 aliphatic rings. The minimum absolute atomic E-state index is 0.00285. The molecule has 0 aliphatic carbocycles. The second-order valence-corrected chi connectivity index (χ2v) is 6.34. The normalized spacial score (nSPS) is 10.7. The third-order valence-corrected chi connectivity index (χ3v) is 4.25. The highest BCUT2D eigenvalue weighted by Crippen LogP contribution is 2.22. The van der Waals surface area contributed by atoms with E-state index in [-0.39, 0.29) is 5.91 Å². The van der Waals surface area contributed by atoms with Crippen LogP contribution in [-0.4, -0.2) is 29.9 Å². The van der Waals surface area contributed by atoms with Gasteiger partial charge in [0.1, 0.15) is 5.75 Å². The average Bonchev–Trinajstić information content (AvgIpc) is 2.61. The molecular weight excluding hydrogens is 312 g/mol. The van der Waals surface area contributed by atoms with E-state index in [1.165, 1.54) is 0 Å². The molecule has 4 nitrogen and oxygen atoms in total. The quantitative estimate of drug-likeness (QED) is 0.720. The van der Waals surface area contributed by atoms with Gasteiger partial charge in [0, 0.05) is 24.7 Å². The van der Waals surface area contributed by atoms with Crippen molar-refractivity contribution in [2.45, 2.75) is 20.4 Å². The van der Waals surface area contributed by atoms with E-state index in [0.29, 0.717) is 12.1 Å². The molecule has 4 heteroatoms. The summed E-state index contributed by atoms with van der Waals surface area (Å²) in [4.78, 5) is 19.3. The highest BCUT2D eigenvalue weighted by Gasteiger charge is 2.16. The van der Waals surface area contributed by atoms with Crippen molar-refractivity contribution in [1.82, 2.24) is 9.88 Å². The largest absolute Gasteiger partial charge is 0.497 e. The summed E-state index contributed by atoms with van der Waals surface area (Å²) in [7, 11) is 3.47.